The Morgan fingerprint density at radius 3 is 2.39 bits per heavy atom. The standard InChI is InChI=1S/C22H20Cl2F3N3O2.ClH/c1-14-17(21(28-32-14)16-4-2-3-5-20(16)31-22(25,26)27)13-29-8-10-30(11-9-29)15-6-7-18(23)19(24)12-15;/h2-7,12H,8-11,13H2,1H3;1H. The molecule has 11 heteroatoms. The topological polar surface area (TPSA) is 41.7 Å². The molecule has 1 aliphatic heterocycles. The first-order valence-corrected chi connectivity index (χ1v) is 10.7. The Hall–Kier alpha value is -2.13. The second kappa shape index (κ2) is 10.4. The smallest absolute Gasteiger partial charge is 0.405 e. The van der Waals surface area contributed by atoms with Crippen LogP contribution in [0.3, 0.4) is 0 Å². The van der Waals surface area contributed by atoms with Crippen molar-refractivity contribution in [2.24, 2.45) is 0 Å². The Labute approximate surface area is 205 Å². The lowest BCUT2D eigenvalue weighted by Crippen LogP contribution is -2.46. The van der Waals surface area contributed by atoms with Crippen molar-refractivity contribution in [2.75, 3.05) is 31.1 Å². The van der Waals surface area contributed by atoms with Crippen LogP contribution in [0, 0.1) is 6.92 Å². The van der Waals surface area contributed by atoms with Crippen LogP contribution in [0.25, 0.3) is 11.3 Å². The lowest BCUT2D eigenvalue weighted by atomic mass is 10.0. The molecule has 178 valence electrons. The van der Waals surface area contributed by atoms with Gasteiger partial charge in [-0.1, -0.05) is 40.5 Å². The summed E-state index contributed by atoms with van der Waals surface area (Å²) in [5.41, 5.74) is 2.34. The summed E-state index contributed by atoms with van der Waals surface area (Å²) in [4.78, 5) is 4.43. The van der Waals surface area contributed by atoms with Gasteiger partial charge in [-0.05, 0) is 37.3 Å². The van der Waals surface area contributed by atoms with E-state index in [-0.39, 0.29) is 23.7 Å². The van der Waals surface area contributed by atoms with Gasteiger partial charge in [0.1, 0.15) is 17.2 Å². The highest BCUT2D eigenvalue weighted by molar-refractivity contribution is 6.42. The van der Waals surface area contributed by atoms with Crippen molar-refractivity contribution in [1.29, 1.82) is 0 Å². The zero-order valence-electron chi connectivity index (χ0n) is 17.5. The van der Waals surface area contributed by atoms with Crippen molar-refractivity contribution in [1.82, 2.24) is 10.1 Å². The minimum absolute atomic E-state index is 0. The van der Waals surface area contributed by atoms with Gasteiger partial charge in [-0.15, -0.1) is 25.6 Å². The zero-order chi connectivity index (χ0) is 22.9. The molecule has 1 aliphatic rings. The van der Waals surface area contributed by atoms with Crippen molar-refractivity contribution < 1.29 is 22.4 Å². The Morgan fingerprint density at radius 2 is 1.73 bits per heavy atom. The van der Waals surface area contributed by atoms with Gasteiger partial charge in [0.25, 0.3) is 0 Å². The summed E-state index contributed by atoms with van der Waals surface area (Å²) in [5, 5.41) is 5.06. The fourth-order valence-corrected chi connectivity index (χ4v) is 4.03. The highest BCUT2D eigenvalue weighted by Gasteiger charge is 2.33. The van der Waals surface area contributed by atoms with Crippen molar-refractivity contribution in [3.05, 3.63) is 63.8 Å². The van der Waals surface area contributed by atoms with Gasteiger partial charge in [0, 0.05) is 49.5 Å². The van der Waals surface area contributed by atoms with Gasteiger partial charge in [-0.2, -0.15) is 0 Å². The van der Waals surface area contributed by atoms with Crippen LogP contribution in [-0.2, 0) is 6.54 Å². The average Bonchev–Trinajstić information content (AvgIpc) is 3.10. The number of alkyl halides is 3. The highest BCUT2D eigenvalue weighted by atomic mass is 35.5. The summed E-state index contributed by atoms with van der Waals surface area (Å²) >= 11 is 12.1. The van der Waals surface area contributed by atoms with Crippen LogP contribution in [0.1, 0.15) is 11.3 Å². The molecule has 0 saturated carbocycles. The molecule has 1 fully saturated rings. The van der Waals surface area contributed by atoms with E-state index in [1.54, 1.807) is 25.1 Å². The maximum Gasteiger partial charge on any atom is 0.573 e. The Balaban J connectivity index is 0.00000306. The van der Waals surface area contributed by atoms with Crippen LogP contribution in [0.15, 0.2) is 47.0 Å². The molecule has 3 aromatic rings. The fourth-order valence-electron chi connectivity index (χ4n) is 3.73. The molecular weight excluding hydrogens is 502 g/mol. The van der Waals surface area contributed by atoms with Gasteiger partial charge in [0.05, 0.1) is 10.0 Å². The Bertz CT molecular complexity index is 1100. The third kappa shape index (κ3) is 6.06. The number of para-hydroxylation sites is 1. The van der Waals surface area contributed by atoms with Gasteiger partial charge in [0.2, 0.25) is 0 Å². The second-order valence-electron chi connectivity index (χ2n) is 7.47. The molecule has 33 heavy (non-hydrogen) atoms. The van der Waals surface area contributed by atoms with E-state index in [9.17, 15) is 13.2 Å². The maximum atomic E-state index is 12.8. The Kier molecular flexibility index (Phi) is 8.05. The third-order valence-electron chi connectivity index (χ3n) is 5.37. The van der Waals surface area contributed by atoms with E-state index in [0.29, 0.717) is 28.0 Å². The normalized spacial score (nSPS) is 14.8. The van der Waals surface area contributed by atoms with Gasteiger partial charge in [-0.3, -0.25) is 4.90 Å². The number of benzene rings is 2. The van der Waals surface area contributed by atoms with E-state index in [2.05, 4.69) is 19.7 Å². The summed E-state index contributed by atoms with van der Waals surface area (Å²) in [6.45, 7) is 5.30. The number of halogens is 6. The quantitative estimate of drug-likeness (QED) is 0.378. The molecule has 1 aromatic heterocycles. The number of ether oxygens (including phenoxy) is 1. The van der Waals surface area contributed by atoms with E-state index in [0.717, 1.165) is 37.4 Å². The highest BCUT2D eigenvalue weighted by Crippen LogP contribution is 2.36. The summed E-state index contributed by atoms with van der Waals surface area (Å²) in [5.74, 6) is 0.257. The summed E-state index contributed by atoms with van der Waals surface area (Å²) in [6.07, 6.45) is -4.80. The lowest BCUT2D eigenvalue weighted by molar-refractivity contribution is -0.274. The molecule has 1 saturated heterocycles. The van der Waals surface area contributed by atoms with E-state index >= 15 is 0 Å². The largest absolute Gasteiger partial charge is 0.573 e. The first kappa shape index (κ1) is 25.5. The van der Waals surface area contributed by atoms with Crippen molar-refractivity contribution in [3.8, 4) is 17.0 Å². The monoisotopic (exact) mass is 521 g/mol. The molecule has 0 amide bonds. The molecule has 0 radical (unpaired) electrons. The predicted octanol–water partition coefficient (Wildman–Crippen LogP) is 6.60. The van der Waals surface area contributed by atoms with E-state index in [1.807, 2.05) is 12.1 Å². The molecule has 2 heterocycles. The SMILES string of the molecule is Cc1onc(-c2ccccc2OC(F)(F)F)c1CN1CCN(c2ccc(Cl)c(Cl)c2)CC1.Cl. The maximum absolute atomic E-state index is 12.8. The Morgan fingerprint density at radius 1 is 1.03 bits per heavy atom. The van der Waals surface area contributed by atoms with Crippen LogP contribution in [0.5, 0.6) is 5.75 Å². The van der Waals surface area contributed by atoms with Crippen LogP contribution in [0.4, 0.5) is 18.9 Å². The van der Waals surface area contributed by atoms with Gasteiger partial charge >= 0.3 is 6.36 Å². The van der Waals surface area contributed by atoms with E-state index < -0.39 is 6.36 Å². The van der Waals surface area contributed by atoms with E-state index in [1.165, 1.54) is 12.1 Å². The fraction of sp³-hybridized carbons (Fsp3) is 0.318. The lowest BCUT2D eigenvalue weighted by Gasteiger charge is -2.36. The van der Waals surface area contributed by atoms with Crippen LogP contribution >= 0.6 is 35.6 Å². The van der Waals surface area contributed by atoms with Gasteiger partial charge in [0.15, 0.2) is 0 Å². The first-order chi connectivity index (χ1) is 15.2. The molecule has 2 aromatic carbocycles. The number of piperazine rings is 1. The minimum atomic E-state index is -4.80. The number of nitrogens with zero attached hydrogens (tertiary/aromatic N) is 3. The zero-order valence-corrected chi connectivity index (χ0v) is 19.9. The van der Waals surface area contributed by atoms with Crippen LogP contribution in [0.2, 0.25) is 10.0 Å². The number of aromatic nitrogens is 1. The predicted molar refractivity (Wildman–Crippen MR) is 125 cm³/mol. The van der Waals surface area contributed by atoms with Gasteiger partial charge < -0.3 is 14.2 Å². The van der Waals surface area contributed by atoms with Crippen molar-refractivity contribution >= 4 is 41.3 Å². The second-order valence-corrected chi connectivity index (χ2v) is 8.29. The average molecular weight is 523 g/mol. The summed E-state index contributed by atoms with van der Waals surface area (Å²) in [6, 6.07) is 11.5. The number of rotatable bonds is 5. The molecule has 5 nitrogen and oxygen atoms in total. The molecule has 0 spiro atoms. The molecule has 0 unspecified atom stereocenters. The molecular formula is C22H21Cl3F3N3O2. The summed E-state index contributed by atoms with van der Waals surface area (Å²) < 4.78 is 48.1. The van der Waals surface area contributed by atoms with E-state index in [4.69, 9.17) is 27.7 Å². The van der Waals surface area contributed by atoms with Crippen LogP contribution < -0.4 is 9.64 Å². The minimum Gasteiger partial charge on any atom is -0.405 e. The number of anilines is 1. The van der Waals surface area contributed by atoms with Crippen molar-refractivity contribution in [3.63, 3.8) is 0 Å². The first-order valence-electron chi connectivity index (χ1n) is 9.94. The van der Waals surface area contributed by atoms with Crippen LogP contribution in [-0.4, -0.2) is 42.6 Å². The number of aryl methyl sites for hydroxylation is 1. The molecule has 0 aliphatic carbocycles. The summed E-state index contributed by atoms with van der Waals surface area (Å²) in [7, 11) is 0. The van der Waals surface area contributed by atoms with Gasteiger partial charge in [-0.25, -0.2) is 0 Å². The number of hydrogen-bond acceptors (Lipinski definition) is 5. The van der Waals surface area contributed by atoms with Crippen molar-refractivity contribution in [2.45, 2.75) is 19.8 Å². The molecule has 0 bridgehead atoms. The number of hydrogen-bond donors (Lipinski definition) is 0. The molecule has 4 rings (SSSR count). The molecule has 0 N–H and O–H groups in total. The molecule has 0 atom stereocenters. The third-order valence-corrected chi connectivity index (χ3v) is 6.11.